The highest BCUT2D eigenvalue weighted by Crippen LogP contribution is 2.29. The van der Waals surface area contributed by atoms with Gasteiger partial charge in [0.05, 0.1) is 5.56 Å². The third-order valence-electron chi connectivity index (χ3n) is 2.81. The van der Waals surface area contributed by atoms with Gasteiger partial charge in [0, 0.05) is 16.5 Å². The predicted molar refractivity (Wildman–Crippen MR) is 73.6 cm³/mol. The van der Waals surface area contributed by atoms with Gasteiger partial charge in [0.1, 0.15) is 0 Å². The number of alkyl halides is 3. The number of carbonyl (C=O) groups excluding carboxylic acids is 1. The van der Waals surface area contributed by atoms with Crippen molar-refractivity contribution in [3.05, 3.63) is 69.7 Å². The Hall–Kier alpha value is -1.62. The van der Waals surface area contributed by atoms with E-state index < -0.39 is 11.7 Å². The van der Waals surface area contributed by atoms with E-state index in [4.69, 9.17) is 0 Å². The lowest BCUT2D eigenvalue weighted by Crippen LogP contribution is -2.07. The summed E-state index contributed by atoms with van der Waals surface area (Å²) in [5, 5.41) is 0. The van der Waals surface area contributed by atoms with E-state index >= 15 is 0 Å². The molecule has 0 spiro atoms. The van der Waals surface area contributed by atoms with Crippen LogP contribution >= 0.6 is 15.9 Å². The number of hydrogen-bond donors (Lipinski definition) is 0. The lowest BCUT2D eigenvalue weighted by atomic mass is 10.0. The molecule has 2 aromatic carbocycles. The fraction of sp³-hybridized carbons (Fsp3) is 0.133. The fourth-order valence-electron chi connectivity index (χ4n) is 1.73. The van der Waals surface area contributed by atoms with E-state index in [0.29, 0.717) is 0 Å². The summed E-state index contributed by atoms with van der Waals surface area (Å²) in [5.74, 6) is -0.207. The van der Waals surface area contributed by atoms with Crippen molar-refractivity contribution in [1.29, 1.82) is 0 Å². The van der Waals surface area contributed by atoms with Crippen LogP contribution in [-0.2, 0) is 12.6 Å². The quantitative estimate of drug-likeness (QED) is 0.725. The maximum absolute atomic E-state index is 12.4. The molecule has 20 heavy (non-hydrogen) atoms. The molecule has 5 heteroatoms. The highest BCUT2D eigenvalue weighted by molar-refractivity contribution is 9.10. The van der Waals surface area contributed by atoms with Gasteiger partial charge in [-0.05, 0) is 29.8 Å². The van der Waals surface area contributed by atoms with Crippen molar-refractivity contribution in [2.24, 2.45) is 0 Å². The average molecular weight is 343 g/mol. The smallest absolute Gasteiger partial charge is 0.294 e. The first-order chi connectivity index (χ1) is 9.36. The van der Waals surface area contributed by atoms with Crippen LogP contribution in [0.2, 0.25) is 0 Å². The van der Waals surface area contributed by atoms with Gasteiger partial charge in [-0.1, -0.05) is 40.2 Å². The summed E-state index contributed by atoms with van der Waals surface area (Å²) in [6, 6.07) is 11.5. The summed E-state index contributed by atoms with van der Waals surface area (Å²) in [6.07, 6.45) is -4.22. The normalized spacial score (nSPS) is 11.4. The lowest BCUT2D eigenvalue weighted by Gasteiger charge is -2.07. The Bertz CT molecular complexity index is 601. The first-order valence-electron chi connectivity index (χ1n) is 5.81. The van der Waals surface area contributed by atoms with Gasteiger partial charge in [-0.25, -0.2) is 0 Å². The molecular formula is C15H10BrF3O. The van der Waals surface area contributed by atoms with Gasteiger partial charge in [0.25, 0.3) is 0 Å². The van der Waals surface area contributed by atoms with Crippen LogP contribution in [0.5, 0.6) is 0 Å². The van der Waals surface area contributed by atoms with Crippen LogP contribution in [0.3, 0.4) is 0 Å². The topological polar surface area (TPSA) is 17.1 Å². The van der Waals surface area contributed by atoms with Crippen molar-refractivity contribution in [3.63, 3.8) is 0 Å². The van der Waals surface area contributed by atoms with Crippen LogP contribution in [0.25, 0.3) is 0 Å². The summed E-state index contributed by atoms with van der Waals surface area (Å²) in [4.78, 5) is 12.0. The van der Waals surface area contributed by atoms with Gasteiger partial charge in [-0.2, -0.15) is 13.2 Å². The molecule has 1 nitrogen and oxygen atoms in total. The third-order valence-corrected chi connectivity index (χ3v) is 3.34. The molecule has 0 fully saturated rings. The van der Waals surface area contributed by atoms with Crippen LogP contribution in [-0.4, -0.2) is 5.78 Å². The highest BCUT2D eigenvalue weighted by atomic mass is 79.9. The Morgan fingerprint density at radius 1 is 0.950 bits per heavy atom. The minimum atomic E-state index is -4.38. The highest BCUT2D eigenvalue weighted by Gasteiger charge is 2.30. The van der Waals surface area contributed by atoms with E-state index in [1.54, 1.807) is 12.1 Å². The van der Waals surface area contributed by atoms with Gasteiger partial charge in [-0.3, -0.25) is 4.79 Å². The van der Waals surface area contributed by atoms with Gasteiger partial charge >= 0.3 is 6.18 Å². The number of hydrogen-bond acceptors (Lipinski definition) is 1. The van der Waals surface area contributed by atoms with E-state index in [1.165, 1.54) is 12.1 Å². The molecule has 0 saturated carbocycles. The van der Waals surface area contributed by atoms with E-state index in [1.807, 2.05) is 12.1 Å². The minimum Gasteiger partial charge on any atom is -0.294 e. The maximum Gasteiger partial charge on any atom is 0.416 e. The molecule has 0 radical (unpaired) electrons. The second-order valence-electron chi connectivity index (χ2n) is 4.30. The van der Waals surface area contributed by atoms with Crippen molar-refractivity contribution in [1.82, 2.24) is 0 Å². The molecule has 0 amide bonds. The minimum absolute atomic E-state index is 0.165. The zero-order valence-electron chi connectivity index (χ0n) is 10.2. The molecule has 104 valence electrons. The van der Waals surface area contributed by atoms with Gasteiger partial charge in [0.2, 0.25) is 0 Å². The predicted octanol–water partition coefficient (Wildman–Crippen LogP) is 4.89. The standard InChI is InChI=1S/C15H10BrF3O/c16-13-7-1-10(2-8-13)9-14(20)11-3-5-12(6-4-11)15(17,18)19/h1-8H,9H2. The van der Waals surface area contributed by atoms with Gasteiger partial charge < -0.3 is 0 Å². The van der Waals surface area contributed by atoms with Crippen LogP contribution in [0.4, 0.5) is 13.2 Å². The summed E-state index contributed by atoms with van der Waals surface area (Å²) in [6.45, 7) is 0. The first kappa shape index (κ1) is 14.8. The SMILES string of the molecule is O=C(Cc1ccc(Br)cc1)c1ccc(C(F)(F)F)cc1. The molecule has 2 rings (SSSR count). The number of ketones is 1. The first-order valence-corrected chi connectivity index (χ1v) is 6.60. The Balaban J connectivity index is 2.11. The molecule has 0 heterocycles. The molecule has 0 unspecified atom stereocenters. The number of Topliss-reactive ketones (excluding diaryl/α,β-unsaturated/α-hetero) is 1. The van der Waals surface area contributed by atoms with Crippen LogP contribution in [0.15, 0.2) is 53.0 Å². The van der Waals surface area contributed by atoms with Crippen molar-refractivity contribution in [3.8, 4) is 0 Å². The number of rotatable bonds is 3. The zero-order valence-corrected chi connectivity index (χ0v) is 11.8. The Morgan fingerprint density at radius 3 is 2.00 bits per heavy atom. The fourth-order valence-corrected chi connectivity index (χ4v) is 2.00. The molecular weight excluding hydrogens is 333 g/mol. The van der Waals surface area contributed by atoms with Crippen molar-refractivity contribution in [2.45, 2.75) is 12.6 Å². The van der Waals surface area contributed by atoms with Gasteiger partial charge in [-0.15, -0.1) is 0 Å². The third kappa shape index (κ3) is 3.70. The molecule has 0 aromatic heterocycles. The van der Waals surface area contributed by atoms with Crippen molar-refractivity contribution in [2.75, 3.05) is 0 Å². The maximum atomic E-state index is 12.4. The number of halogens is 4. The van der Waals surface area contributed by atoms with Crippen LogP contribution in [0.1, 0.15) is 21.5 Å². The second-order valence-corrected chi connectivity index (χ2v) is 5.22. The number of benzene rings is 2. The molecule has 0 aliphatic rings. The summed E-state index contributed by atoms with van der Waals surface area (Å²) >= 11 is 3.29. The monoisotopic (exact) mass is 342 g/mol. The van der Waals surface area contributed by atoms with E-state index in [-0.39, 0.29) is 17.8 Å². The lowest BCUT2D eigenvalue weighted by molar-refractivity contribution is -0.137. The van der Waals surface area contributed by atoms with E-state index in [9.17, 15) is 18.0 Å². The van der Waals surface area contributed by atoms with Crippen molar-refractivity contribution < 1.29 is 18.0 Å². The van der Waals surface area contributed by atoms with Crippen molar-refractivity contribution >= 4 is 21.7 Å². The Kier molecular flexibility index (Phi) is 4.28. The second kappa shape index (κ2) is 5.79. The largest absolute Gasteiger partial charge is 0.416 e. The Morgan fingerprint density at radius 2 is 1.50 bits per heavy atom. The zero-order chi connectivity index (χ0) is 14.8. The molecule has 0 bridgehead atoms. The molecule has 0 aliphatic heterocycles. The Labute approximate surface area is 122 Å². The molecule has 0 atom stereocenters. The van der Waals surface area contributed by atoms with E-state index in [2.05, 4.69) is 15.9 Å². The summed E-state index contributed by atoms with van der Waals surface area (Å²) in [5.41, 5.74) is 0.344. The van der Waals surface area contributed by atoms with E-state index in [0.717, 1.165) is 22.2 Å². The molecule has 0 N–H and O–H groups in total. The van der Waals surface area contributed by atoms with Crippen LogP contribution in [0, 0.1) is 0 Å². The summed E-state index contributed by atoms with van der Waals surface area (Å²) < 4.78 is 38.2. The molecule has 0 saturated heterocycles. The van der Waals surface area contributed by atoms with Gasteiger partial charge in [0.15, 0.2) is 5.78 Å². The van der Waals surface area contributed by atoms with Crippen LogP contribution < -0.4 is 0 Å². The number of carbonyl (C=O) groups is 1. The summed E-state index contributed by atoms with van der Waals surface area (Å²) in [7, 11) is 0. The molecule has 2 aromatic rings. The average Bonchev–Trinajstić information content (AvgIpc) is 2.40. The molecule has 0 aliphatic carbocycles.